The molecule has 2 N–H and O–H groups in total. The van der Waals surface area contributed by atoms with Crippen molar-refractivity contribution in [2.75, 3.05) is 27.2 Å². The van der Waals surface area contributed by atoms with Crippen molar-refractivity contribution in [1.82, 2.24) is 30.0 Å². The molecule has 6 rings (SSSR count). The minimum absolute atomic E-state index is 0.0211. The molecule has 4 heterocycles. The van der Waals surface area contributed by atoms with Crippen molar-refractivity contribution < 1.29 is 9.53 Å². The van der Waals surface area contributed by atoms with Gasteiger partial charge in [-0.15, -0.1) is 0 Å². The first-order valence-electron chi connectivity index (χ1n) is 13.0. The first-order chi connectivity index (χ1) is 19.4. The molecule has 1 saturated heterocycles. The summed E-state index contributed by atoms with van der Waals surface area (Å²) in [6, 6.07) is 10.8. The maximum Gasteiger partial charge on any atom is 0.255 e. The number of hydrogen-bond acceptors (Lipinski definition) is 7. The molecule has 3 aromatic rings. The first kappa shape index (κ1) is 25.8. The standard InChI is InChI=1S/C29H29ClN8O2/c1-36(2)12-10-18-11-13-38(29(18)39)26-9-6-22-27(35-26)28(32-16-31-22)34-19-4-8-25(21(30)14-19)40-20-5-7-24-23(15-20)33-17-37(24)3/h4-10,14-17,27,35H,11-13H2,1-3H3,(H,31,32,34)/b18-10+. The lowest BCUT2D eigenvalue weighted by molar-refractivity contribution is -0.123. The van der Waals surface area contributed by atoms with Gasteiger partial charge in [0.1, 0.15) is 23.4 Å². The highest BCUT2D eigenvalue weighted by Gasteiger charge is 2.33. The number of carbonyl (C=O) groups is 1. The molecule has 0 aliphatic carbocycles. The van der Waals surface area contributed by atoms with E-state index in [4.69, 9.17) is 21.3 Å². The van der Waals surface area contributed by atoms with Crippen LogP contribution in [-0.4, -0.2) is 70.7 Å². The van der Waals surface area contributed by atoms with Gasteiger partial charge >= 0.3 is 0 Å². The topological polar surface area (TPSA) is 99.4 Å². The molecule has 2 aromatic carbocycles. The van der Waals surface area contributed by atoms with E-state index < -0.39 is 0 Å². The van der Waals surface area contributed by atoms with Crippen LogP contribution in [0.3, 0.4) is 0 Å². The van der Waals surface area contributed by atoms with Crippen molar-refractivity contribution in [2.24, 2.45) is 17.0 Å². The average molecular weight is 557 g/mol. The predicted molar refractivity (Wildman–Crippen MR) is 157 cm³/mol. The zero-order valence-corrected chi connectivity index (χ0v) is 23.2. The second-order valence-corrected chi connectivity index (χ2v) is 10.5. The highest BCUT2D eigenvalue weighted by Crippen LogP contribution is 2.34. The van der Waals surface area contributed by atoms with Crippen LogP contribution in [0.5, 0.6) is 11.5 Å². The third-order valence-corrected chi connectivity index (χ3v) is 7.21. The normalized spacial score (nSPS) is 20.6. The Hall–Kier alpha value is -4.41. The zero-order chi connectivity index (χ0) is 27.8. The maximum absolute atomic E-state index is 13.0. The van der Waals surface area contributed by atoms with Crippen molar-refractivity contribution >= 4 is 46.4 Å². The lowest BCUT2D eigenvalue weighted by atomic mass is 10.1. The Kier molecular flexibility index (Phi) is 6.87. The number of dihydropyridines is 1. The second kappa shape index (κ2) is 10.6. The number of fused-ring (bicyclic) bond motifs is 2. The molecule has 11 heteroatoms. The van der Waals surface area contributed by atoms with Gasteiger partial charge < -0.3 is 24.8 Å². The molecule has 3 aliphatic heterocycles. The van der Waals surface area contributed by atoms with Crippen molar-refractivity contribution in [3.8, 4) is 11.5 Å². The number of likely N-dealkylation sites (N-methyl/N-ethyl adjacent to an activating group) is 1. The molecule has 0 saturated carbocycles. The van der Waals surface area contributed by atoms with Gasteiger partial charge in [0.15, 0.2) is 5.84 Å². The molecule has 1 fully saturated rings. The van der Waals surface area contributed by atoms with Gasteiger partial charge in [0, 0.05) is 37.5 Å². The number of amidine groups is 1. The fourth-order valence-electron chi connectivity index (χ4n) is 4.79. The Balaban J connectivity index is 1.19. The van der Waals surface area contributed by atoms with E-state index in [9.17, 15) is 4.79 Å². The summed E-state index contributed by atoms with van der Waals surface area (Å²) in [6.45, 7) is 1.36. The number of carbonyl (C=O) groups excluding carboxylic acids is 1. The third-order valence-electron chi connectivity index (χ3n) is 6.91. The smallest absolute Gasteiger partial charge is 0.255 e. The summed E-state index contributed by atoms with van der Waals surface area (Å²) in [5.74, 6) is 2.46. The van der Waals surface area contributed by atoms with Crippen molar-refractivity contribution in [1.29, 1.82) is 0 Å². The molecule has 1 atom stereocenters. The van der Waals surface area contributed by atoms with E-state index in [1.54, 1.807) is 29.7 Å². The molecule has 0 radical (unpaired) electrons. The summed E-state index contributed by atoms with van der Waals surface area (Å²) in [4.78, 5) is 30.5. The van der Waals surface area contributed by atoms with Crippen LogP contribution in [0, 0.1) is 0 Å². The Bertz CT molecular complexity index is 1650. The highest BCUT2D eigenvalue weighted by molar-refractivity contribution is 6.32. The summed E-state index contributed by atoms with van der Waals surface area (Å²) >= 11 is 6.59. The van der Waals surface area contributed by atoms with Crippen LogP contribution in [0.15, 0.2) is 88.0 Å². The number of likely N-dealkylation sites (tertiary alicyclic amines) is 1. The molecule has 40 heavy (non-hydrogen) atoms. The monoisotopic (exact) mass is 556 g/mol. The Morgan fingerprint density at radius 3 is 2.92 bits per heavy atom. The molecule has 10 nitrogen and oxygen atoms in total. The Labute approximate surface area is 237 Å². The van der Waals surface area contributed by atoms with Crippen molar-refractivity contribution in [3.63, 3.8) is 0 Å². The van der Waals surface area contributed by atoms with E-state index in [0.29, 0.717) is 41.0 Å². The van der Waals surface area contributed by atoms with Crippen LogP contribution in [0.25, 0.3) is 11.0 Å². The van der Waals surface area contributed by atoms with E-state index in [-0.39, 0.29) is 11.9 Å². The lowest BCUT2D eigenvalue weighted by Crippen LogP contribution is -2.49. The van der Waals surface area contributed by atoms with Crippen LogP contribution in [0.1, 0.15) is 6.42 Å². The molecule has 1 aromatic heterocycles. The van der Waals surface area contributed by atoms with Crippen molar-refractivity contribution in [2.45, 2.75) is 12.5 Å². The quantitative estimate of drug-likeness (QED) is 0.444. The number of ether oxygens (including phenoxy) is 1. The summed E-state index contributed by atoms with van der Waals surface area (Å²) in [7, 11) is 5.92. The number of aliphatic imine (C=N–C) groups is 2. The molecular formula is C29H29ClN8O2. The van der Waals surface area contributed by atoms with Gasteiger partial charge in [0.05, 0.1) is 34.4 Å². The number of halogens is 1. The highest BCUT2D eigenvalue weighted by atomic mass is 35.5. The van der Waals surface area contributed by atoms with Gasteiger partial charge in [-0.1, -0.05) is 17.7 Å². The fraction of sp³-hybridized carbons (Fsp3) is 0.241. The molecule has 0 bridgehead atoms. The summed E-state index contributed by atoms with van der Waals surface area (Å²) < 4.78 is 7.99. The number of allylic oxidation sites excluding steroid dienone is 2. The van der Waals surface area contributed by atoms with Gasteiger partial charge in [-0.05, 0) is 63.0 Å². The predicted octanol–water partition coefficient (Wildman–Crippen LogP) is 4.10. The number of aryl methyl sites for hydroxylation is 1. The number of benzene rings is 2. The van der Waals surface area contributed by atoms with Crippen LogP contribution >= 0.6 is 11.6 Å². The fourth-order valence-corrected chi connectivity index (χ4v) is 5.00. The van der Waals surface area contributed by atoms with Gasteiger partial charge in [0.25, 0.3) is 5.91 Å². The summed E-state index contributed by atoms with van der Waals surface area (Å²) in [5.41, 5.74) is 4.22. The number of imidazole rings is 1. The van der Waals surface area contributed by atoms with Gasteiger partial charge in [-0.3, -0.25) is 9.69 Å². The molecule has 3 aliphatic rings. The average Bonchev–Trinajstić information content (AvgIpc) is 3.50. The number of hydrogen-bond donors (Lipinski definition) is 2. The van der Waals surface area contributed by atoms with Crippen LogP contribution in [0.4, 0.5) is 5.69 Å². The number of amides is 1. The number of nitrogens with one attached hydrogen (secondary N) is 2. The molecule has 204 valence electrons. The summed E-state index contributed by atoms with van der Waals surface area (Å²) in [6.07, 6.45) is 9.95. The third kappa shape index (κ3) is 5.11. The van der Waals surface area contributed by atoms with Gasteiger partial charge in [-0.25, -0.2) is 15.0 Å². The lowest BCUT2D eigenvalue weighted by Gasteiger charge is -2.32. The Morgan fingerprint density at radius 2 is 2.10 bits per heavy atom. The first-order valence-corrected chi connectivity index (χ1v) is 13.3. The molecule has 1 amide bonds. The Morgan fingerprint density at radius 1 is 1.23 bits per heavy atom. The van der Waals surface area contributed by atoms with E-state index in [2.05, 4.69) is 20.6 Å². The van der Waals surface area contributed by atoms with E-state index in [1.807, 2.05) is 73.1 Å². The maximum atomic E-state index is 13.0. The van der Waals surface area contributed by atoms with Gasteiger partial charge in [0.2, 0.25) is 0 Å². The number of aromatic nitrogens is 2. The SMILES string of the molecule is CN(C)C/C=C1\CCN(C2=CC=C3NC=NC(=Nc4ccc(Oc5ccc6c(c5)ncn6C)c(Cl)c4)C3N2)C1=O. The van der Waals surface area contributed by atoms with E-state index in [1.165, 1.54) is 0 Å². The minimum atomic E-state index is -0.340. The largest absolute Gasteiger partial charge is 0.456 e. The van der Waals surface area contributed by atoms with E-state index in [0.717, 1.165) is 34.7 Å². The van der Waals surface area contributed by atoms with Crippen LogP contribution < -0.4 is 15.4 Å². The molecule has 1 unspecified atom stereocenters. The van der Waals surface area contributed by atoms with E-state index >= 15 is 0 Å². The molecule has 0 spiro atoms. The molecular weight excluding hydrogens is 528 g/mol. The second-order valence-electron chi connectivity index (χ2n) is 10.0. The summed E-state index contributed by atoms with van der Waals surface area (Å²) in [5, 5.41) is 7.04. The van der Waals surface area contributed by atoms with Crippen LogP contribution in [-0.2, 0) is 11.8 Å². The van der Waals surface area contributed by atoms with Crippen LogP contribution in [0.2, 0.25) is 5.02 Å². The minimum Gasteiger partial charge on any atom is -0.456 e. The zero-order valence-electron chi connectivity index (χ0n) is 22.4. The number of nitrogens with zero attached hydrogens (tertiary/aromatic N) is 6. The van der Waals surface area contributed by atoms with Crippen molar-refractivity contribution in [3.05, 3.63) is 83.1 Å². The number of rotatable bonds is 6. The van der Waals surface area contributed by atoms with Gasteiger partial charge in [-0.2, -0.15) is 0 Å².